The summed E-state index contributed by atoms with van der Waals surface area (Å²) in [7, 11) is 0. The van der Waals surface area contributed by atoms with Crippen molar-refractivity contribution in [3.8, 4) is 5.75 Å². The zero-order chi connectivity index (χ0) is 18.0. The van der Waals surface area contributed by atoms with Gasteiger partial charge in [0.2, 0.25) is 0 Å². The van der Waals surface area contributed by atoms with E-state index < -0.39 is 0 Å². The highest BCUT2D eigenvalue weighted by atomic mass is 35.5. The Kier molecular flexibility index (Phi) is 5.29. The Morgan fingerprint density at radius 3 is 2.84 bits per heavy atom. The molecule has 0 saturated heterocycles. The van der Waals surface area contributed by atoms with Crippen LogP contribution < -0.4 is 21.3 Å². The van der Waals surface area contributed by atoms with Crippen molar-refractivity contribution in [1.29, 1.82) is 0 Å². The Hall–Kier alpha value is -2.06. The van der Waals surface area contributed by atoms with E-state index in [1.54, 1.807) is 18.2 Å². The molecule has 2 aromatic carbocycles. The summed E-state index contributed by atoms with van der Waals surface area (Å²) in [6.45, 7) is 1.64. The number of ether oxygens (including phenoxy) is 1. The molecule has 0 spiro atoms. The summed E-state index contributed by atoms with van der Waals surface area (Å²) >= 11 is 13.4. The highest BCUT2D eigenvalue weighted by Crippen LogP contribution is 2.32. The van der Waals surface area contributed by atoms with Crippen LogP contribution in [-0.4, -0.2) is 17.5 Å². The number of anilines is 2. The molecule has 0 aliphatic rings. The lowest BCUT2D eigenvalue weighted by molar-refractivity contribution is -0.118. The fourth-order valence-corrected chi connectivity index (χ4v) is 3.74. The summed E-state index contributed by atoms with van der Waals surface area (Å²) < 4.78 is 6.43. The van der Waals surface area contributed by atoms with Gasteiger partial charge >= 0.3 is 0 Å². The maximum Gasteiger partial charge on any atom is 0.262 e. The van der Waals surface area contributed by atoms with Gasteiger partial charge in [-0.05, 0) is 42.8 Å². The van der Waals surface area contributed by atoms with Gasteiger partial charge in [-0.1, -0.05) is 34.5 Å². The van der Waals surface area contributed by atoms with Gasteiger partial charge in [0, 0.05) is 10.7 Å². The molecule has 0 aliphatic heterocycles. The molecule has 6 nitrogen and oxygen atoms in total. The SMILES string of the molecule is Cc1cc(Cl)cc(Cl)c1OCC(=O)Nc1ccc2nc(NN)sc2c1. The number of aromatic nitrogens is 1. The minimum atomic E-state index is -0.300. The number of rotatable bonds is 5. The number of nitrogens with zero attached hydrogens (tertiary/aromatic N) is 1. The number of fused-ring (bicyclic) bond motifs is 1. The van der Waals surface area contributed by atoms with Crippen molar-refractivity contribution in [2.75, 3.05) is 17.3 Å². The van der Waals surface area contributed by atoms with Crippen LogP contribution >= 0.6 is 34.5 Å². The van der Waals surface area contributed by atoms with Gasteiger partial charge in [-0.25, -0.2) is 10.8 Å². The van der Waals surface area contributed by atoms with Gasteiger partial charge in [-0.3, -0.25) is 10.2 Å². The number of nitrogens with two attached hydrogens (primary N) is 1. The number of carbonyl (C=O) groups is 1. The molecule has 0 unspecified atom stereocenters. The Morgan fingerprint density at radius 1 is 1.32 bits per heavy atom. The minimum absolute atomic E-state index is 0.168. The van der Waals surface area contributed by atoms with Gasteiger partial charge in [0.1, 0.15) is 5.75 Å². The zero-order valence-corrected chi connectivity index (χ0v) is 15.4. The molecule has 3 aromatic rings. The average molecular weight is 397 g/mol. The number of benzene rings is 2. The maximum atomic E-state index is 12.1. The maximum absolute atomic E-state index is 12.1. The van der Waals surface area contributed by atoms with Crippen LogP contribution in [0.25, 0.3) is 10.2 Å². The van der Waals surface area contributed by atoms with E-state index in [0.717, 1.165) is 15.8 Å². The van der Waals surface area contributed by atoms with Crippen molar-refractivity contribution in [3.05, 3.63) is 45.9 Å². The van der Waals surface area contributed by atoms with E-state index >= 15 is 0 Å². The minimum Gasteiger partial charge on any atom is -0.482 e. The molecule has 0 atom stereocenters. The molecule has 0 fully saturated rings. The number of hydrazine groups is 1. The number of thiazole rings is 1. The van der Waals surface area contributed by atoms with Crippen molar-refractivity contribution < 1.29 is 9.53 Å². The first-order chi connectivity index (χ1) is 12.0. The molecular formula is C16H14Cl2N4O2S. The molecule has 4 N–H and O–H groups in total. The van der Waals surface area contributed by atoms with Gasteiger partial charge in [-0.2, -0.15) is 0 Å². The molecule has 1 heterocycles. The molecule has 1 amide bonds. The van der Waals surface area contributed by atoms with Crippen LogP contribution in [-0.2, 0) is 4.79 Å². The van der Waals surface area contributed by atoms with E-state index in [1.807, 2.05) is 19.1 Å². The predicted molar refractivity (Wildman–Crippen MR) is 103 cm³/mol. The summed E-state index contributed by atoms with van der Waals surface area (Å²) in [5.41, 5.74) is 4.72. The van der Waals surface area contributed by atoms with Gasteiger partial charge in [-0.15, -0.1) is 0 Å². The Balaban J connectivity index is 1.66. The summed E-state index contributed by atoms with van der Waals surface area (Å²) in [4.78, 5) is 16.4. The van der Waals surface area contributed by atoms with Crippen molar-refractivity contribution in [1.82, 2.24) is 4.98 Å². The Labute approximate surface area is 157 Å². The lowest BCUT2D eigenvalue weighted by atomic mass is 10.2. The molecule has 0 aliphatic carbocycles. The summed E-state index contributed by atoms with van der Waals surface area (Å²) in [5, 5.41) is 4.27. The van der Waals surface area contributed by atoms with Crippen LogP contribution in [0.2, 0.25) is 10.0 Å². The van der Waals surface area contributed by atoms with Crippen molar-refractivity contribution in [2.24, 2.45) is 5.84 Å². The standard InChI is InChI=1S/C16H14Cl2N4O2S/c1-8-4-9(17)5-11(18)15(8)24-7-14(23)20-10-2-3-12-13(6-10)25-16(21-12)22-19/h2-6H,7,19H2,1H3,(H,20,23)(H,21,22). The smallest absolute Gasteiger partial charge is 0.262 e. The molecule has 1 aromatic heterocycles. The quantitative estimate of drug-likeness (QED) is 0.443. The first kappa shape index (κ1) is 17.8. The normalized spacial score (nSPS) is 10.7. The molecular weight excluding hydrogens is 383 g/mol. The van der Waals surface area contributed by atoms with Crippen LogP contribution in [0.3, 0.4) is 0 Å². The van der Waals surface area contributed by atoms with Crippen LogP contribution in [0.5, 0.6) is 5.75 Å². The summed E-state index contributed by atoms with van der Waals surface area (Å²) in [6, 6.07) is 8.70. The van der Waals surface area contributed by atoms with Crippen LogP contribution in [0.4, 0.5) is 10.8 Å². The second kappa shape index (κ2) is 7.45. The number of amides is 1. The Morgan fingerprint density at radius 2 is 2.12 bits per heavy atom. The van der Waals surface area contributed by atoms with E-state index in [9.17, 15) is 4.79 Å². The largest absolute Gasteiger partial charge is 0.482 e. The van der Waals surface area contributed by atoms with E-state index in [-0.39, 0.29) is 12.5 Å². The number of aryl methyl sites for hydroxylation is 1. The first-order valence-corrected chi connectivity index (χ1v) is 8.79. The van der Waals surface area contributed by atoms with Crippen LogP contribution in [0, 0.1) is 6.92 Å². The number of hydrogen-bond donors (Lipinski definition) is 3. The topological polar surface area (TPSA) is 89.3 Å². The van der Waals surface area contributed by atoms with Gasteiger partial charge in [0.25, 0.3) is 5.91 Å². The third-order valence-corrected chi connectivity index (χ3v) is 4.79. The van der Waals surface area contributed by atoms with E-state index in [2.05, 4.69) is 15.7 Å². The fourth-order valence-electron chi connectivity index (χ4n) is 2.27. The lowest BCUT2D eigenvalue weighted by Crippen LogP contribution is -2.20. The highest BCUT2D eigenvalue weighted by Gasteiger charge is 2.11. The van der Waals surface area contributed by atoms with E-state index in [0.29, 0.717) is 26.6 Å². The predicted octanol–water partition coefficient (Wildman–Crippen LogP) is 4.21. The van der Waals surface area contributed by atoms with Crippen molar-refractivity contribution in [3.63, 3.8) is 0 Å². The molecule has 0 saturated carbocycles. The summed E-state index contributed by atoms with van der Waals surface area (Å²) in [5.74, 6) is 5.50. The van der Waals surface area contributed by atoms with Crippen LogP contribution in [0.1, 0.15) is 5.56 Å². The number of hydrogen-bond acceptors (Lipinski definition) is 6. The third kappa shape index (κ3) is 4.13. The van der Waals surface area contributed by atoms with E-state index in [4.69, 9.17) is 33.8 Å². The van der Waals surface area contributed by atoms with Gasteiger partial charge in [0.15, 0.2) is 11.7 Å². The molecule has 25 heavy (non-hydrogen) atoms. The Bertz CT molecular complexity index is 922. The molecule has 0 bridgehead atoms. The number of carbonyl (C=O) groups excluding carboxylic acids is 1. The third-order valence-electron chi connectivity index (χ3n) is 3.34. The van der Waals surface area contributed by atoms with Gasteiger partial charge < -0.3 is 10.1 Å². The number of halogens is 2. The highest BCUT2D eigenvalue weighted by molar-refractivity contribution is 7.22. The van der Waals surface area contributed by atoms with Crippen LogP contribution in [0.15, 0.2) is 30.3 Å². The molecule has 9 heteroatoms. The van der Waals surface area contributed by atoms with Gasteiger partial charge in [0.05, 0.1) is 15.2 Å². The molecule has 130 valence electrons. The zero-order valence-electron chi connectivity index (χ0n) is 13.1. The summed E-state index contributed by atoms with van der Waals surface area (Å²) in [6.07, 6.45) is 0. The average Bonchev–Trinajstić information content (AvgIpc) is 2.96. The molecule has 3 rings (SSSR count). The second-order valence-corrected chi connectivity index (χ2v) is 7.09. The monoisotopic (exact) mass is 396 g/mol. The van der Waals surface area contributed by atoms with E-state index in [1.165, 1.54) is 11.3 Å². The molecule has 0 radical (unpaired) electrons. The second-order valence-electron chi connectivity index (χ2n) is 5.22. The van der Waals surface area contributed by atoms with Crippen molar-refractivity contribution >= 4 is 61.5 Å². The number of nitrogens with one attached hydrogen (secondary N) is 2. The van der Waals surface area contributed by atoms with Crippen molar-refractivity contribution in [2.45, 2.75) is 6.92 Å². The fraction of sp³-hybridized carbons (Fsp3) is 0.125. The first-order valence-electron chi connectivity index (χ1n) is 7.22. The number of nitrogen functional groups attached to an aromatic ring is 1. The lowest BCUT2D eigenvalue weighted by Gasteiger charge is -2.11.